The van der Waals surface area contributed by atoms with Gasteiger partial charge in [0.2, 0.25) is 5.91 Å². The van der Waals surface area contributed by atoms with Crippen molar-refractivity contribution in [1.29, 1.82) is 0 Å². The van der Waals surface area contributed by atoms with Crippen molar-refractivity contribution in [2.45, 2.75) is 163 Å². The number of rotatable bonds is 21. The molecule has 422 valence electrons. The number of aliphatic carboxylic acids is 1. The van der Waals surface area contributed by atoms with E-state index in [2.05, 4.69) is 15.6 Å². The molecule has 4 heterocycles. The normalized spacial score (nSPS) is 35.3. The molecule has 12 unspecified atom stereocenters. The van der Waals surface area contributed by atoms with Gasteiger partial charge < -0.3 is 89.2 Å². The van der Waals surface area contributed by atoms with Crippen LogP contribution in [0.5, 0.6) is 0 Å². The minimum Gasteiger partial charge on any atom is -0.479 e. The van der Waals surface area contributed by atoms with Crippen molar-refractivity contribution in [1.82, 2.24) is 20.3 Å². The summed E-state index contributed by atoms with van der Waals surface area (Å²) in [6.07, 6.45) is -24.7. The van der Waals surface area contributed by atoms with Crippen molar-refractivity contribution in [3.8, 4) is 11.3 Å². The van der Waals surface area contributed by atoms with Crippen molar-refractivity contribution in [3.63, 3.8) is 0 Å². The highest BCUT2D eigenvalue weighted by atomic mass is 19.2. The molecule has 20 atom stereocenters. The number of carboxylic acids is 1. The monoisotopic (exact) mass is 1090 g/mol. The highest BCUT2D eigenvalue weighted by Gasteiger charge is 2.54. The molecule has 1 aliphatic carbocycles. The van der Waals surface area contributed by atoms with Gasteiger partial charge in [0.15, 0.2) is 48.5 Å². The number of nitrogens with zero attached hydrogens (tertiary/aromatic N) is 3. The van der Waals surface area contributed by atoms with Crippen LogP contribution in [0.2, 0.25) is 0 Å². The van der Waals surface area contributed by atoms with E-state index >= 15 is 0 Å². The molecular weight excluding hydrogens is 1020 g/mol. The molecule has 0 spiro atoms. The Morgan fingerprint density at radius 2 is 1.47 bits per heavy atom. The third kappa shape index (κ3) is 13.2. The van der Waals surface area contributed by atoms with Gasteiger partial charge in [-0.05, 0) is 56.4 Å². The van der Waals surface area contributed by atoms with Crippen LogP contribution in [0.4, 0.5) is 13.2 Å². The van der Waals surface area contributed by atoms with Gasteiger partial charge in [0.05, 0.1) is 49.9 Å². The van der Waals surface area contributed by atoms with E-state index in [1.165, 1.54) is 19.1 Å². The summed E-state index contributed by atoms with van der Waals surface area (Å²) in [5.41, 5.74) is -0.317. The van der Waals surface area contributed by atoms with Crippen LogP contribution in [0.25, 0.3) is 11.3 Å². The minimum atomic E-state index is -1.78. The first kappa shape index (κ1) is 58.9. The van der Waals surface area contributed by atoms with Crippen LogP contribution in [-0.4, -0.2) is 209 Å². The summed E-state index contributed by atoms with van der Waals surface area (Å²) in [7, 11) is 0. The fourth-order valence-electron chi connectivity index (χ4n) is 9.88. The Morgan fingerprint density at radius 3 is 2.12 bits per heavy atom. The molecule has 3 aliphatic heterocycles. The lowest BCUT2D eigenvalue weighted by atomic mass is 9.75. The van der Waals surface area contributed by atoms with Gasteiger partial charge in [0.25, 0.3) is 0 Å². The summed E-state index contributed by atoms with van der Waals surface area (Å²) in [6.45, 7) is 2.74. The van der Waals surface area contributed by atoms with E-state index in [4.69, 9.17) is 37.9 Å². The topological polar surface area (TPSA) is 350 Å². The van der Waals surface area contributed by atoms with Gasteiger partial charge in [-0.15, -0.1) is 5.10 Å². The van der Waals surface area contributed by atoms with Crippen LogP contribution in [0.15, 0.2) is 48.7 Å². The molecule has 24 nitrogen and oxygen atoms in total. The van der Waals surface area contributed by atoms with Crippen LogP contribution in [0, 0.1) is 29.3 Å². The van der Waals surface area contributed by atoms with Crippen LogP contribution in [0.1, 0.15) is 69.3 Å². The molecule has 3 saturated heterocycles. The molecule has 7 rings (SSSR count). The Hall–Kier alpha value is -4.82. The predicted octanol–water partition coefficient (Wildman–Crippen LogP) is -0.548. The smallest absolute Gasteiger partial charge is 0.338 e. The van der Waals surface area contributed by atoms with E-state index in [-0.39, 0.29) is 49.2 Å². The molecule has 0 radical (unpaired) electrons. The maximum atomic E-state index is 14.2. The number of hydrogen-bond acceptors (Lipinski definition) is 21. The number of carbonyl (C=O) groups is 3. The second-order valence-electron chi connectivity index (χ2n) is 19.2. The number of amides is 1. The fourth-order valence-corrected chi connectivity index (χ4v) is 9.88. The number of halogens is 3. The lowest BCUT2D eigenvalue weighted by Gasteiger charge is -2.48. The molecule has 0 bridgehead atoms. The standard InChI is InChI=1S/C49H65F3N4O20/c1-4-9-29(45(66)67)71-42-37(61)32(20-58)74-49(43(42)75-46(68)23-10-7-6-8-11-23)72-30-17-25(14-22(5-2)41(30)76-48-40(64)39(63)35(59)21(3)70-48)44(65)53-12-13-69-47-38(62)34(36(60)31(19-57)73-47)56-18-28(54-55-56)24-15-26(50)33(52)27(51)16-24/h6-8,10-11,15-16,18,21-22,25,29-32,34-43,47-49,57-64H,4-5,9,12-14,17,19-20H2,1-3H3,(H,53,65)(H,66,67)/t21?,22?,25?,29-,30+,31?,32?,34?,35+,36+,37-,38?,39?,40?,41?,42?,43?,47-,48-,49+/m0/s1. The van der Waals surface area contributed by atoms with Crippen LogP contribution >= 0.6 is 0 Å². The second-order valence-corrected chi connectivity index (χ2v) is 19.2. The molecule has 76 heavy (non-hydrogen) atoms. The molecule has 4 aliphatic rings. The molecule has 3 aromatic rings. The van der Waals surface area contributed by atoms with Gasteiger partial charge in [-0.25, -0.2) is 27.4 Å². The van der Waals surface area contributed by atoms with Gasteiger partial charge >= 0.3 is 11.9 Å². The number of hydrogen-bond donors (Lipinski definition) is 10. The molecule has 2 aromatic carbocycles. The largest absolute Gasteiger partial charge is 0.479 e. The summed E-state index contributed by atoms with van der Waals surface area (Å²) in [5, 5.41) is 107. The number of aliphatic hydroxyl groups is 8. The summed E-state index contributed by atoms with van der Waals surface area (Å²) in [5.74, 6) is -9.14. The van der Waals surface area contributed by atoms with Gasteiger partial charge in [-0.2, -0.15) is 0 Å². The summed E-state index contributed by atoms with van der Waals surface area (Å²) >= 11 is 0. The highest BCUT2D eigenvalue weighted by molar-refractivity contribution is 5.89. The van der Waals surface area contributed by atoms with E-state index < -0.39 is 171 Å². The van der Waals surface area contributed by atoms with Crippen molar-refractivity contribution in [3.05, 3.63) is 71.7 Å². The zero-order chi connectivity index (χ0) is 55.1. The molecule has 1 aromatic heterocycles. The van der Waals surface area contributed by atoms with E-state index in [0.29, 0.717) is 25.0 Å². The van der Waals surface area contributed by atoms with E-state index in [0.717, 1.165) is 10.9 Å². The average molecular weight is 1090 g/mol. The van der Waals surface area contributed by atoms with Crippen molar-refractivity contribution in [2.75, 3.05) is 26.4 Å². The van der Waals surface area contributed by atoms with Crippen LogP contribution in [0.3, 0.4) is 0 Å². The molecule has 1 amide bonds. The maximum absolute atomic E-state index is 14.2. The van der Waals surface area contributed by atoms with Crippen molar-refractivity contribution >= 4 is 17.8 Å². The zero-order valence-corrected chi connectivity index (χ0v) is 41.5. The lowest BCUT2D eigenvalue weighted by Crippen LogP contribution is -2.64. The van der Waals surface area contributed by atoms with Gasteiger partial charge in [-0.3, -0.25) is 4.79 Å². The Morgan fingerprint density at radius 1 is 0.803 bits per heavy atom. The van der Waals surface area contributed by atoms with E-state index in [1.807, 2.05) is 0 Å². The molecule has 27 heteroatoms. The highest BCUT2D eigenvalue weighted by Crippen LogP contribution is 2.41. The first-order valence-electron chi connectivity index (χ1n) is 25.0. The van der Waals surface area contributed by atoms with E-state index in [1.54, 1.807) is 32.0 Å². The minimum absolute atomic E-state index is 0.0333. The number of carbonyl (C=O) groups excluding carboxylic acids is 2. The molecule has 1 saturated carbocycles. The predicted molar refractivity (Wildman–Crippen MR) is 248 cm³/mol. The number of benzene rings is 2. The third-order valence-corrected chi connectivity index (χ3v) is 14.1. The van der Waals surface area contributed by atoms with Crippen LogP contribution < -0.4 is 5.32 Å². The molecule has 10 N–H and O–H groups in total. The number of esters is 1. The van der Waals surface area contributed by atoms with Gasteiger partial charge in [0, 0.05) is 18.0 Å². The Kier molecular flexibility index (Phi) is 20.3. The van der Waals surface area contributed by atoms with Crippen molar-refractivity contribution < 1.29 is 111 Å². The summed E-state index contributed by atoms with van der Waals surface area (Å²) < 4.78 is 90.9. The van der Waals surface area contributed by atoms with Crippen molar-refractivity contribution in [2.24, 2.45) is 11.8 Å². The Balaban J connectivity index is 1.11. The first-order chi connectivity index (χ1) is 36.3. The number of aliphatic hydroxyl groups excluding tert-OH is 8. The molecular formula is C49H65F3N4O20. The fraction of sp³-hybridized carbons (Fsp3) is 0.653. The lowest BCUT2D eigenvalue weighted by molar-refractivity contribution is -0.349. The summed E-state index contributed by atoms with van der Waals surface area (Å²) in [6, 6.07) is 7.59. The number of aromatic nitrogens is 3. The second kappa shape index (κ2) is 26.2. The third-order valence-electron chi connectivity index (χ3n) is 14.1. The summed E-state index contributed by atoms with van der Waals surface area (Å²) in [4.78, 5) is 40.3. The van der Waals surface area contributed by atoms with Gasteiger partial charge in [0.1, 0.15) is 66.7 Å². The van der Waals surface area contributed by atoms with Crippen LogP contribution in [-0.2, 0) is 47.5 Å². The Bertz CT molecular complexity index is 2370. The number of carboxylic acid groups (broad SMARTS) is 1. The maximum Gasteiger partial charge on any atom is 0.338 e. The average Bonchev–Trinajstić information content (AvgIpc) is 3.91. The SMILES string of the molecule is CCC[C@H](OC1C(OC(=O)c2ccccc2)[C@H](O[C@@H]2CC(C(=O)NCCO[C@H]3OC(CO)[C@@H](O)C(n4cc(-c5cc(F)c(F)c(F)c5)nn4)C3O)CC(CC)C2O[C@@H]2OC(C)[C@@H](O)C(O)C2O)OC(CO)[C@@H]1O)C(=O)O. The van der Waals surface area contributed by atoms with Gasteiger partial charge in [-0.1, -0.05) is 50.1 Å². The zero-order valence-electron chi connectivity index (χ0n) is 41.5. The van der Waals surface area contributed by atoms with E-state index in [9.17, 15) is 73.5 Å². The molecule has 4 fully saturated rings. The first-order valence-corrected chi connectivity index (χ1v) is 25.0. The quantitative estimate of drug-likeness (QED) is 0.0363. The number of nitrogens with one attached hydrogen (secondary N) is 1. The number of ether oxygens (including phenoxy) is 8. The Labute approximate surface area is 433 Å².